The molecule has 0 unspecified atom stereocenters. The summed E-state index contributed by atoms with van der Waals surface area (Å²) in [5, 5.41) is 9.57. The van der Waals surface area contributed by atoms with Crippen LogP contribution in [0.4, 0.5) is 5.69 Å². The maximum absolute atomic E-state index is 12.5. The second-order valence-electron chi connectivity index (χ2n) is 5.50. The molecule has 0 aromatic heterocycles. The van der Waals surface area contributed by atoms with E-state index in [0.717, 1.165) is 5.56 Å². The van der Waals surface area contributed by atoms with Gasteiger partial charge in [-0.25, -0.2) is 9.79 Å². The molecule has 1 saturated heterocycles. The zero-order valence-electron chi connectivity index (χ0n) is 14.2. The molecule has 2 aromatic rings. The molecule has 26 heavy (non-hydrogen) atoms. The summed E-state index contributed by atoms with van der Waals surface area (Å²) in [5.41, 5.74) is 1.48. The second-order valence-corrected chi connectivity index (χ2v) is 6.51. The van der Waals surface area contributed by atoms with Gasteiger partial charge in [-0.05, 0) is 53.7 Å². The summed E-state index contributed by atoms with van der Waals surface area (Å²) < 4.78 is 5.19. The molecule has 7 heteroatoms. The van der Waals surface area contributed by atoms with Gasteiger partial charge in [0.2, 0.25) is 0 Å². The number of amidine groups is 1. The van der Waals surface area contributed by atoms with E-state index in [1.165, 1.54) is 28.8 Å². The lowest BCUT2D eigenvalue weighted by Crippen LogP contribution is -2.23. The van der Waals surface area contributed by atoms with Gasteiger partial charge in [0.25, 0.3) is 5.91 Å². The van der Waals surface area contributed by atoms with E-state index >= 15 is 0 Å². The molecule has 0 spiro atoms. The molecular weight excluding hydrogens is 352 g/mol. The Kier molecular flexibility index (Phi) is 5.09. The summed E-state index contributed by atoms with van der Waals surface area (Å²) in [4.78, 5) is 29.9. The van der Waals surface area contributed by atoms with Gasteiger partial charge < -0.3 is 9.84 Å². The van der Waals surface area contributed by atoms with Crippen molar-refractivity contribution in [3.63, 3.8) is 0 Å². The number of nitrogens with zero attached hydrogens (tertiary/aromatic N) is 2. The van der Waals surface area contributed by atoms with Crippen LogP contribution < -0.4 is 4.74 Å². The van der Waals surface area contributed by atoms with E-state index in [0.29, 0.717) is 21.5 Å². The van der Waals surface area contributed by atoms with Crippen molar-refractivity contribution in [1.82, 2.24) is 4.90 Å². The van der Waals surface area contributed by atoms with Crippen molar-refractivity contribution in [2.75, 3.05) is 14.2 Å². The number of methoxy groups -OCH3 is 1. The normalized spacial score (nSPS) is 17.2. The fraction of sp³-hybridized carbons (Fsp3) is 0.105. The summed E-state index contributed by atoms with van der Waals surface area (Å²) in [5.74, 6) is -0.470. The summed E-state index contributed by atoms with van der Waals surface area (Å²) >= 11 is 1.24. The number of carbonyl (C=O) groups excluding carboxylic acids is 1. The predicted octanol–water partition coefficient (Wildman–Crippen LogP) is 3.63. The number of ether oxygens (including phenoxy) is 1. The topological polar surface area (TPSA) is 79.2 Å². The van der Waals surface area contributed by atoms with Crippen LogP contribution in [0.1, 0.15) is 15.9 Å². The third-order valence-electron chi connectivity index (χ3n) is 3.71. The fourth-order valence-corrected chi connectivity index (χ4v) is 3.34. The first kappa shape index (κ1) is 17.8. The third kappa shape index (κ3) is 3.78. The molecule has 3 rings (SSSR count). The zero-order chi connectivity index (χ0) is 18.7. The summed E-state index contributed by atoms with van der Waals surface area (Å²) in [7, 11) is 3.23. The minimum Gasteiger partial charge on any atom is -0.497 e. The Hall–Kier alpha value is -3.06. The van der Waals surface area contributed by atoms with Crippen LogP contribution in [0.5, 0.6) is 5.75 Å². The molecule has 1 aliphatic heterocycles. The van der Waals surface area contributed by atoms with Crippen molar-refractivity contribution in [3.05, 3.63) is 64.6 Å². The average molecular weight is 368 g/mol. The van der Waals surface area contributed by atoms with Crippen molar-refractivity contribution >= 4 is 40.6 Å². The van der Waals surface area contributed by atoms with Gasteiger partial charge in [0.15, 0.2) is 5.17 Å². The molecule has 0 radical (unpaired) electrons. The number of carbonyl (C=O) groups is 2. The Balaban J connectivity index is 1.90. The zero-order valence-corrected chi connectivity index (χ0v) is 15.0. The Bertz CT molecular complexity index is 937. The summed E-state index contributed by atoms with van der Waals surface area (Å²) in [6, 6.07) is 13.7. The third-order valence-corrected chi connectivity index (χ3v) is 4.77. The number of likely N-dealkylation sites (N-methyl/N-ethyl adjacent to an activating group) is 1. The minimum absolute atomic E-state index is 0.149. The largest absolute Gasteiger partial charge is 0.497 e. The highest BCUT2D eigenvalue weighted by Crippen LogP contribution is 2.33. The van der Waals surface area contributed by atoms with E-state index in [4.69, 9.17) is 9.84 Å². The van der Waals surface area contributed by atoms with Gasteiger partial charge in [0.05, 0.1) is 23.3 Å². The number of carboxylic acid groups (broad SMARTS) is 1. The maximum Gasteiger partial charge on any atom is 0.335 e. The van der Waals surface area contributed by atoms with Gasteiger partial charge in [-0.15, -0.1) is 0 Å². The summed E-state index contributed by atoms with van der Waals surface area (Å²) in [6.07, 6.45) is 1.78. The lowest BCUT2D eigenvalue weighted by molar-refractivity contribution is -0.121. The van der Waals surface area contributed by atoms with E-state index in [9.17, 15) is 9.59 Å². The van der Waals surface area contributed by atoms with Crippen molar-refractivity contribution in [2.24, 2.45) is 4.99 Å². The van der Waals surface area contributed by atoms with E-state index < -0.39 is 5.97 Å². The lowest BCUT2D eigenvalue weighted by Gasteiger charge is -2.07. The number of rotatable bonds is 4. The second kappa shape index (κ2) is 7.45. The number of aromatic carboxylic acids is 1. The molecule has 0 aliphatic carbocycles. The van der Waals surface area contributed by atoms with Crippen molar-refractivity contribution in [1.29, 1.82) is 0 Å². The highest BCUT2D eigenvalue weighted by atomic mass is 32.2. The fourth-order valence-electron chi connectivity index (χ4n) is 2.35. The lowest BCUT2D eigenvalue weighted by atomic mass is 10.2. The van der Waals surface area contributed by atoms with Gasteiger partial charge in [-0.3, -0.25) is 9.69 Å². The van der Waals surface area contributed by atoms with Crippen LogP contribution in [0, 0.1) is 0 Å². The van der Waals surface area contributed by atoms with Gasteiger partial charge in [-0.2, -0.15) is 0 Å². The molecule has 6 nitrogen and oxygen atoms in total. The number of thioether (sulfide) groups is 1. The van der Waals surface area contributed by atoms with Crippen molar-refractivity contribution in [2.45, 2.75) is 0 Å². The number of hydrogen-bond donors (Lipinski definition) is 1. The Morgan fingerprint density at radius 2 is 2.00 bits per heavy atom. The Morgan fingerprint density at radius 1 is 1.23 bits per heavy atom. The van der Waals surface area contributed by atoms with Gasteiger partial charge >= 0.3 is 5.97 Å². The van der Waals surface area contributed by atoms with Crippen LogP contribution in [0.25, 0.3) is 6.08 Å². The Labute approximate surface area is 154 Å². The molecule has 1 amide bonds. The van der Waals surface area contributed by atoms with Crippen LogP contribution in [0.2, 0.25) is 0 Å². The molecule has 1 heterocycles. The quantitative estimate of drug-likeness (QED) is 0.834. The first-order valence-electron chi connectivity index (χ1n) is 7.71. The average Bonchev–Trinajstić information content (AvgIpc) is 2.90. The SMILES string of the molecule is COc1cccc(/C=C2\SC(=Nc3cccc(C(=O)O)c3)N(C)C2=O)c1. The molecule has 0 atom stereocenters. The van der Waals surface area contributed by atoms with Crippen molar-refractivity contribution < 1.29 is 19.4 Å². The summed E-state index contributed by atoms with van der Waals surface area (Å²) in [6.45, 7) is 0. The standard InChI is InChI=1S/C19H16N2O4S/c1-21-17(22)16(10-12-5-3-8-15(9-12)25-2)26-19(21)20-14-7-4-6-13(11-14)18(23)24/h3-11H,1-2H3,(H,23,24)/b16-10-,20-19?. The van der Waals surface area contributed by atoms with E-state index in [1.54, 1.807) is 32.4 Å². The van der Waals surface area contributed by atoms with E-state index in [-0.39, 0.29) is 11.5 Å². The van der Waals surface area contributed by atoms with Crippen LogP contribution in [-0.4, -0.2) is 41.2 Å². The number of aliphatic imine (C=N–C) groups is 1. The Morgan fingerprint density at radius 3 is 2.73 bits per heavy atom. The van der Waals surface area contributed by atoms with Crippen LogP contribution in [0.3, 0.4) is 0 Å². The molecule has 2 aromatic carbocycles. The number of amides is 1. The molecule has 1 fully saturated rings. The molecule has 132 valence electrons. The highest BCUT2D eigenvalue weighted by Gasteiger charge is 2.30. The van der Waals surface area contributed by atoms with E-state index in [1.807, 2.05) is 24.3 Å². The number of hydrogen-bond acceptors (Lipinski definition) is 5. The minimum atomic E-state index is -1.02. The van der Waals surface area contributed by atoms with Gasteiger partial charge in [0.1, 0.15) is 5.75 Å². The van der Waals surface area contributed by atoms with Crippen LogP contribution >= 0.6 is 11.8 Å². The van der Waals surface area contributed by atoms with Crippen LogP contribution in [-0.2, 0) is 4.79 Å². The molecule has 1 aliphatic rings. The molecule has 1 N–H and O–H groups in total. The van der Waals surface area contributed by atoms with Gasteiger partial charge in [0, 0.05) is 7.05 Å². The van der Waals surface area contributed by atoms with Gasteiger partial charge in [-0.1, -0.05) is 18.2 Å². The smallest absolute Gasteiger partial charge is 0.335 e. The first-order chi connectivity index (χ1) is 12.5. The number of benzene rings is 2. The van der Waals surface area contributed by atoms with E-state index in [2.05, 4.69) is 4.99 Å². The molecule has 0 bridgehead atoms. The van der Waals surface area contributed by atoms with Crippen molar-refractivity contribution in [3.8, 4) is 5.75 Å². The first-order valence-corrected chi connectivity index (χ1v) is 8.53. The predicted molar refractivity (Wildman–Crippen MR) is 102 cm³/mol. The molecular formula is C19H16N2O4S. The maximum atomic E-state index is 12.5. The van der Waals surface area contributed by atoms with Crippen LogP contribution in [0.15, 0.2) is 58.4 Å². The highest BCUT2D eigenvalue weighted by molar-refractivity contribution is 8.18. The number of carboxylic acids is 1. The monoisotopic (exact) mass is 368 g/mol. The molecule has 0 saturated carbocycles.